The number of rotatable bonds is 1. The summed E-state index contributed by atoms with van der Waals surface area (Å²) in [5.41, 5.74) is 0.971. The number of fused-ring (bicyclic) bond motifs is 1. The van der Waals surface area contributed by atoms with Crippen LogP contribution < -0.4 is 0 Å². The van der Waals surface area contributed by atoms with E-state index in [2.05, 4.69) is 15.9 Å². The fraction of sp³-hybridized carbons (Fsp3) is 0. The highest BCUT2D eigenvalue weighted by Gasteiger charge is 2.35. The highest BCUT2D eigenvalue weighted by Crippen LogP contribution is 2.31. The fourth-order valence-corrected chi connectivity index (χ4v) is 2.48. The lowest BCUT2D eigenvalue weighted by atomic mass is 10.0. The first kappa shape index (κ1) is 12.8. The number of allylic oxidation sites excluding steroid dienone is 1. The number of carbonyl (C=O) groups excluding carboxylic acids is 2. The van der Waals surface area contributed by atoms with E-state index in [1.54, 1.807) is 48.5 Å². The molecule has 4 heteroatoms. The zero-order valence-corrected chi connectivity index (χ0v) is 11.8. The molecule has 0 spiro atoms. The van der Waals surface area contributed by atoms with Gasteiger partial charge in [-0.15, -0.1) is 0 Å². The van der Waals surface area contributed by atoms with E-state index < -0.39 is 11.6 Å². The number of hydrogen-bond donors (Lipinski definition) is 1. The minimum atomic E-state index is -0.425. The zero-order chi connectivity index (χ0) is 14.3. The SMILES string of the molecule is O=C1C(=C(O)c2ccc(Br)cc2)C(=O)c2ccccc21. The molecule has 98 valence electrons. The lowest BCUT2D eigenvalue weighted by molar-refractivity contribution is 0.0987. The maximum atomic E-state index is 12.2. The number of Topliss-reactive ketones (excluding diaryl/α,β-unsaturated/α-hetero) is 2. The van der Waals surface area contributed by atoms with E-state index in [9.17, 15) is 14.7 Å². The van der Waals surface area contributed by atoms with Crippen molar-refractivity contribution in [2.75, 3.05) is 0 Å². The first-order valence-corrected chi connectivity index (χ1v) is 6.76. The van der Waals surface area contributed by atoms with Crippen LogP contribution in [0.2, 0.25) is 0 Å². The average molecular weight is 329 g/mol. The fourth-order valence-electron chi connectivity index (χ4n) is 2.22. The highest BCUT2D eigenvalue weighted by molar-refractivity contribution is 9.10. The maximum absolute atomic E-state index is 12.2. The van der Waals surface area contributed by atoms with Crippen LogP contribution in [0.3, 0.4) is 0 Å². The van der Waals surface area contributed by atoms with Crippen molar-refractivity contribution in [2.24, 2.45) is 0 Å². The van der Waals surface area contributed by atoms with Crippen LogP contribution in [0.1, 0.15) is 26.3 Å². The maximum Gasteiger partial charge on any atom is 0.201 e. The number of halogens is 1. The Labute approximate surface area is 123 Å². The van der Waals surface area contributed by atoms with E-state index in [0.717, 1.165) is 4.47 Å². The highest BCUT2D eigenvalue weighted by atomic mass is 79.9. The van der Waals surface area contributed by atoms with Gasteiger partial charge < -0.3 is 5.11 Å². The van der Waals surface area contributed by atoms with Crippen LogP contribution in [0.4, 0.5) is 0 Å². The molecule has 3 rings (SSSR count). The molecule has 0 atom stereocenters. The molecule has 20 heavy (non-hydrogen) atoms. The first-order chi connectivity index (χ1) is 9.59. The second kappa shape index (κ2) is 4.72. The topological polar surface area (TPSA) is 54.4 Å². The Hall–Kier alpha value is -2.20. The number of aliphatic hydroxyl groups excluding tert-OH is 1. The summed E-state index contributed by atoms with van der Waals surface area (Å²) in [5.74, 6) is -1.12. The largest absolute Gasteiger partial charge is 0.506 e. The second-order valence-corrected chi connectivity index (χ2v) is 5.35. The van der Waals surface area contributed by atoms with Crippen LogP contribution in [0.15, 0.2) is 58.6 Å². The third-order valence-corrected chi connectivity index (χ3v) is 3.75. The van der Waals surface area contributed by atoms with E-state index in [-0.39, 0.29) is 11.3 Å². The van der Waals surface area contributed by atoms with Gasteiger partial charge in [-0.1, -0.05) is 52.3 Å². The third-order valence-electron chi connectivity index (χ3n) is 3.22. The van der Waals surface area contributed by atoms with Gasteiger partial charge in [-0.05, 0) is 12.1 Å². The van der Waals surface area contributed by atoms with Crippen LogP contribution in [0.5, 0.6) is 0 Å². The molecule has 0 aromatic heterocycles. The number of ketones is 2. The lowest BCUT2D eigenvalue weighted by Crippen LogP contribution is -2.05. The molecule has 2 aromatic rings. The van der Waals surface area contributed by atoms with Crippen molar-refractivity contribution < 1.29 is 14.7 Å². The van der Waals surface area contributed by atoms with Gasteiger partial charge in [0.15, 0.2) is 0 Å². The number of aliphatic hydroxyl groups is 1. The molecular weight excluding hydrogens is 320 g/mol. The van der Waals surface area contributed by atoms with Crippen LogP contribution in [0.25, 0.3) is 5.76 Å². The van der Waals surface area contributed by atoms with Crippen LogP contribution in [-0.4, -0.2) is 16.7 Å². The third kappa shape index (κ3) is 1.89. The lowest BCUT2D eigenvalue weighted by Gasteiger charge is -2.03. The van der Waals surface area contributed by atoms with E-state index in [1.807, 2.05) is 0 Å². The van der Waals surface area contributed by atoms with Crippen LogP contribution in [-0.2, 0) is 0 Å². The molecule has 1 aliphatic rings. The van der Waals surface area contributed by atoms with E-state index in [0.29, 0.717) is 16.7 Å². The molecular formula is C16H9BrO3. The van der Waals surface area contributed by atoms with E-state index in [4.69, 9.17) is 0 Å². The molecule has 0 aliphatic heterocycles. The van der Waals surface area contributed by atoms with Gasteiger partial charge in [0.05, 0.1) is 0 Å². The summed E-state index contributed by atoms with van der Waals surface area (Å²) in [6.45, 7) is 0. The van der Waals surface area contributed by atoms with Gasteiger partial charge in [0.25, 0.3) is 0 Å². The summed E-state index contributed by atoms with van der Waals surface area (Å²) in [6, 6.07) is 13.4. The minimum absolute atomic E-state index is 0.159. The van der Waals surface area contributed by atoms with Gasteiger partial charge in [0.1, 0.15) is 11.3 Å². The normalized spacial score (nSPS) is 13.6. The summed E-state index contributed by atoms with van der Waals surface area (Å²) in [5, 5.41) is 10.2. The van der Waals surface area contributed by atoms with Crippen molar-refractivity contribution >= 4 is 33.3 Å². The Morgan fingerprint density at radius 3 is 1.85 bits per heavy atom. The monoisotopic (exact) mass is 328 g/mol. The molecule has 3 nitrogen and oxygen atoms in total. The Morgan fingerprint density at radius 2 is 1.35 bits per heavy atom. The Balaban J connectivity index is 2.16. The number of carbonyl (C=O) groups is 2. The smallest absolute Gasteiger partial charge is 0.201 e. The molecule has 2 aromatic carbocycles. The van der Waals surface area contributed by atoms with Gasteiger partial charge in [-0.3, -0.25) is 9.59 Å². The van der Waals surface area contributed by atoms with Gasteiger partial charge in [-0.25, -0.2) is 0 Å². The van der Waals surface area contributed by atoms with E-state index >= 15 is 0 Å². The quantitative estimate of drug-likeness (QED) is 0.492. The van der Waals surface area contributed by atoms with Gasteiger partial charge in [-0.2, -0.15) is 0 Å². The van der Waals surface area contributed by atoms with Gasteiger partial charge in [0, 0.05) is 21.2 Å². The molecule has 0 unspecified atom stereocenters. The van der Waals surface area contributed by atoms with Crippen LogP contribution >= 0.6 is 15.9 Å². The standard InChI is InChI=1S/C16H9BrO3/c17-10-7-5-9(6-8-10)14(18)13-15(19)11-3-1-2-4-12(11)16(13)20/h1-8,18H. The van der Waals surface area contributed by atoms with Gasteiger partial charge in [0.2, 0.25) is 11.6 Å². The molecule has 1 N–H and O–H groups in total. The molecule has 0 fully saturated rings. The summed E-state index contributed by atoms with van der Waals surface area (Å²) < 4.78 is 0.853. The minimum Gasteiger partial charge on any atom is -0.506 e. The van der Waals surface area contributed by atoms with Crippen molar-refractivity contribution in [1.82, 2.24) is 0 Å². The number of benzene rings is 2. The molecule has 0 amide bonds. The zero-order valence-electron chi connectivity index (χ0n) is 10.3. The van der Waals surface area contributed by atoms with Gasteiger partial charge >= 0.3 is 0 Å². The molecule has 0 bridgehead atoms. The second-order valence-electron chi connectivity index (χ2n) is 4.43. The summed E-state index contributed by atoms with van der Waals surface area (Å²) in [6.07, 6.45) is 0. The first-order valence-electron chi connectivity index (χ1n) is 5.97. The Kier molecular flexibility index (Phi) is 3.03. The van der Waals surface area contributed by atoms with Crippen molar-refractivity contribution in [3.8, 4) is 0 Å². The number of hydrogen-bond acceptors (Lipinski definition) is 3. The van der Waals surface area contributed by atoms with Crippen molar-refractivity contribution in [3.05, 3.63) is 75.3 Å². The van der Waals surface area contributed by atoms with Crippen molar-refractivity contribution in [1.29, 1.82) is 0 Å². The summed E-state index contributed by atoms with van der Waals surface area (Å²) >= 11 is 3.29. The molecule has 0 radical (unpaired) electrons. The van der Waals surface area contributed by atoms with Crippen LogP contribution in [0, 0.1) is 0 Å². The Morgan fingerprint density at radius 1 is 0.850 bits per heavy atom. The molecule has 1 aliphatic carbocycles. The summed E-state index contributed by atoms with van der Waals surface area (Å²) in [4.78, 5) is 24.5. The molecule has 0 saturated carbocycles. The predicted octanol–water partition coefficient (Wildman–Crippen LogP) is 3.80. The van der Waals surface area contributed by atoms with Crippen molar-refractivity contribution in [2.45, 2.75) is 0 Å². The predicted molar refractivity (Wildman–Crippen MR) is 78.8 cm³/mol. The molecule has 0 saturated heterocycles. The average Bonchev–Trinajstić information content (AvgIpc) is 2.72. The summed E-state index contributed by atoms with van der Waals surface area (Å²) in [7, 11) is 0. The van der Waals surface area contributed by atoms with Crippen molar-refractivity contribution in [3.63, 3.8) is 0 Å². The Bertz CT molecular complexity index is 721. The van der Waals surface area contributed by atoms with E-state index in [1.165, 1.54) is 0 Å². The molecule has 0 heterocycles.